The van der Waals surface area contributed by atoms with E-state index in [0.29, 0.717) is 6.54 Å². The summed E-state index contributed by atoms with van der Waals surface area (Å²) in [5.74, 6) is 0. The first-order valence-electron chi connectivity index (χ1n) is 6.78. The smallest absolute Gasteiger partial charge is 0.269 e. The van der Waals surface area contributed by atoms with Gasteiger partial charge in [0.25, 0.3) is 5.69 Å². The van der Waals surface area contributed by atoms with Crippen LogP contribution in [0.4, 0.5) is 5.69 Å². The van der Waals surface area contributed by atoms with Crippen molar-refractivity contribution in [3.63, 3.8) is 0 Å². The zero-order valence-electron chi connectivity index (χ0n) is 11.8. The van der Waals surface area contributed by atoms with Gasteiger partial charge in [-0.15, -0.1) is 0 Å². The molecule has 0 spiro atoms. The molecule has 0 saturated carbocycles. The van der Waals surface area contributed by atoms with E-state index in [1.165, 1.54) is 12.1 Å². The molecular weight excluding hydrogens is 268 g/mol. The third-order valence-electron chi connectivity index (χ3n) is 3.41. The lowest BCUT2D eigenvalue weighted by atomic mass is 10.1. The quantitative estimate of drug-likeness (QED) is 0.632. The molecule has 0 aliphatic heterocycles. The minimum atomic E-state index is -0.577. The van der Waals surface area contributed by atoms with Gasteiger partial charge >= 0.3 is 0 Å². The fraction of sp³-hybridized carbons (Fsp3) is 0.250. The highest BCUT2D eigenvalue weighted by Gasteiger charge is 2.11. The fourth-order valence-electron chi connectivity index (χ4n) is 2.08. The van der Waals surface area contributed by atoms with Crippen LogP contribution in [0.5, 0.6) is 0 Å². The number of nitro groups is 1. The Labute approximate surface area is 123 Å². The maximum Gasteiger partial charge on any atom is 0.269 e. The number of nitro benzene ring substituents is 1. The second kappa shape index (κ2) is 6.97. The summed E-state index contributed by atoms with van der Waals surface area (Å²) in [4.78, 5) is 10.2. The van der Waals surface area contributed by atoms with Crippen molar-refractivity contribution < 1.29 is 10.0 Å². The number of aliphatic hydroxyl groups excluding tert-OH is 1. The predicted molar refractivity (Wildman–Crippen MR) is 80.9 cm³/mol. The van der Waals surface area contributed by atoms with Gasteiger partial charge in [-0.1, -0.05) is 42.5 Å². The number of non-ortho nitro benzene ring substituents is 1. The Hall–Kier alpha value is -2.24. The fourth-order valence-corrected chi connectivity index (χ4v) is 2.08. The van der Waals surface area contributed by atoms with Crippen LogP contribution in [-0.4, -0.2) is 16.6 Å². The van der Waals surface area contributed by atoms with Gasteiger partial charge in [-0.2, -0.15) is 0 Å². The third kappa shape index (κ3) is 4.11. The molecule has 21 heavy (non-hydrogen) atoms. The Morgan fingerprint density at radius 1 is 1.10 bits per heavy atom. The molecule has 2 N–H and O–H groups in total. The van der Waals surface area contributed by atoms with E-state index in [2.05, 4.69) is 5.32 Å². The van der Waals surface area contributed by atoms with Crippen molar-refractivity contribution >= 4 is 5.69 Å². The monoisotopic (exact) mass is 286 g/mol. The first kappa shape index (κ1) is 15.2. The molecule has 110 valence electrons. The molecule has 2 aromatic carbocycles. The molecule has 0 amide bonds. The van der Waals surface area contributed by atoms with Gasteiger partial charge in [0.1, 0.15) is 0 Å². The van der Waals surface area contributed by atoms with E-state index in [4.69, 9.17) is 0 Å². The van der Waals surface area contributed by atoms with Crippen molar-refractivity contribution in [3.8, 4) is 0 Å². The van der Waals surface area contributed by atoms with Crippen molar-refractivity contribution in [3.05, 3.63) is 75.8 Å². The van der Waals surface area contributed by atoms with Gasteiger partial charge in [0.05, 0.1) is 11.0 Å². The number of hydrogen-bond acceptors (Lipinski definition) is 4. The van der Waals surface area contributed by atoms with Gasteiger partial charge in [-0.25, -0.2) is 0 Å². The molecule has 0 aliphatic carbocycles. The van der Waals surface area contributed by atoms with E-state index < -0.39 is 11.0 Å². The lowest BCUT2D eigenvalue weighted by molar-refractivity contribution is -0.384. The highest BCUT2D eigenvalue weighted by Crippen LogP contribution is 2.18. The molecule has 2 atom stereocenters. The predicted octanol–water partition coefficient (Wildman–Crippen LogP) is 2.98. The van der Waals surface area contributed by atoms with Gasteiger partial charge in [0.15, 0.2) is 0 Å². The van der Waals surface area contributed by atoms with Crippen LogP contribution in [0, 0.1) is 10.1 Å². The third-order valence-corrected chi connectivity index (χ3v) is 3.41. The maximum atomic E-state index is 10.6. The maximum absolute atomic E-state index is 10.6. The number of rotatable bonds is 6. The number of benzene rings is 2. The zero-order valence-corrected chi connectivity index (χ0v) is 11.8. The summed E-state index contributed by atoms with van der Waals surface area (Å²) in [5, 5.41) is 23.9. The van der Waals surface area contributed by atoms with E-state index in [0.717, 1.165) is 11.1 Å². The summed E-state index contributed by atoms with van der Waals surface area (Å²) in [7, 11) is 0. The van der Waals surface area contributed by atoms with Gasteiger partial charge < -0.3 is 10.4 Å². The Kier molecular flexibility index (Phi) is 5.03. The van der Waals surface area contributed by atoms with E-state index in [9.17, 15) is 15.2 Å². The van der Waals surface area contributed by atoms with Gasteiger partial charge in [0.2, 0.25) is 0 Å². The van der Waals surface area contributed by atoms with Gasteiger partial charge in [-0.05, 0) is 18.1 Å². The summed E-state index contributed by atoms with van der Waals surface area (Å²) < 4.78 is 0. The van der Waals surface area contributed by atoms with Crippen LogP contribution in [0.3, 0.4) is 0 Å². The van der Waals surface area contributed by atoms with Crippen molar-refractivity contribution in [1.29, 1.82) is 0 Å². The standard InChI is InChI=1S/C16H18N2O3/c1-12(13-7-9-15(10-8-13)18(20)21)17-11-16(19)14-5-3-2-4-6-14/h2-10,12,16-17,19H,11H2,1H3/t12?,16-/m0/s1. The highest BCUT2D eigenvalue weighted by molar-refractivity contribution is 5.34. The molecule has 0 saturated heterocycles. The number of nitrogens with zero attached hydrogens (tertiary/aromatic N) is 1. The van der Waals surface area contributed by atoms with E-state index in [-0.39, 0.29) is 11.7 Å². The summed E-state index contributed by atoms with van der Waals surface area (Å²) >= 11 is 0. The number of aliphatic hydroxyl groups is 1. The van der Waals surface area contributed by atoms with Gasteiger partial charge in [0, 0.05) is 24.7 Å². The molecule has 1 unspecified atom stereocenters. The van der Waals surface area contributed by atoms with E-state index in [1.807, 2.05) is 37.3 Å². The molecule has 0 heterocycles. The second-order valence-electron chi connectivity index (χ2n) is 4.91. The molecule has 2 rings (SSSR count). The lowest BCUT2D eigenvalue weighted by Crippen LogP contribution is -2.24. The molecule has 2 aromatic rings. The molecule has 0 radical (unpaired) electrons. The van der Waals surface area contributed by atoms with Crippen LogP contribution < -0.4 is 5.32 Å². The summed E-state index contributed by atoms with van der Waals surface area (Å²) in [6.07, 6.45) is -0.577. The van der Waals surface area contributed by atoms with Gasteiger partial charge in [-0.3, -0.25) is 10.1 Å². The molecule has 5 nitrogen and oxygen atoms in total. The molecule has 0 fully saturated rings. The Bertz CT molecular complexity index is 584. The molecule has 5 heteroatoms. The Morgan fingerprint density at radius 3 is 2.29 bits per heavy atom. The largest absolute Gasteiger partial charge is 0.387 e. The van der Waals surface area contributed by atoms with Crippen LogP contribution in [0.25, 0.3) is 0 Å². The SMILES string of the molecule is CC(NC[C@H](O)c1ccccc1)c1ccc([N+](=O)[O-])cc1. The van der Waals surface area contributed by atoms with Crippen molar-refractivity contribution in [2.45, 2.75) is 19.1 Å². The zero-order chi connectivity index (χ0) is 15.2. The summed E-state index contributed by atoms with van der Waals surface area (Å²) in [6.45, 7) is 2.38. The van der Waals surface area contributed by atoms with Crippen molar-refractivity contribution in [1.82, 2.24) is 5.32 Å². The Morgan fingerprint density at radius 2 is 1.71 bits per heavy atom. The normalized spacial score (nSPS) is 13.6. The minimum Gasteiger partial charge on any atom is -0.387 e. The van der Waals surface area contributed by atoms with Crippen LogP contribution in [0.15, 0.2) is 54.6 Å². The lowest BCUT2D eigenvalue weighted by Gasteiger charge is -2.17. The minimum absolute atomic E-state index is 0.00386. The van der Waals surface area contributed by atoms with Crippen LogP contribution in [0.2, 0.25) is 0 Å². The summed E-state index contributed by atoms with van der Waals surface area (Å²) in [6, 6.07) is 15.9. The van der Waals surface area contributed by atoms with Crippen LogP contribution in [-0.2, 0) is 0 Å². The highest BCUT2D eigenvalue weighted by atomic mass is 16.6. The average Bonchev–Trinajstić information content (AvgIpc) is 2.53. The topological polar surface area (TPSA) is 75.4 Å². The van der Waals surface area contributed by atoms with E-state index >= 15 is 0 Å². The number of hydrogen-bond donors (Lipinski definition) is 2. The molecular formula is C16H18N2O3. The second-order valence-corrected chi connectivity index (χ2v) is 4.91. The molecule has 0 aliphatic rings. The number of nitrogens with one attached hydrogen (secondary N) is 1. The first-order chi connectivity index (χ1) is 10.1. The van der Waals surface area contributed by atoms with Crippen molar-refractivity contribution in [2.75, 3.05) is 6.54 Å². The Balaban J connectivity index is 1.92. The van der Waals surface area contributed by atoms with Crippen molar-refractivity contribution in [2.24, 2.45) is 0 Å². The summed E-state index contributed by atoms with van der Waals surface area (Å²) in [5.41, 5.74) is 1.89. The average molecular weight is 286 g/mol. The van der Waals surface area contributed by atoms with Crippen LogP contribution in [0.1, 0.15) is 30.2 Å². The molecule has 0 bridgehead atoms. The first-order valence-corrected chi connectivity index (χ1v) is 6.78. The van der Waals surface area contributed by atoms with Crippen LogP contribution >= 0.6 is 0 Å². The molecule has 0 aromatic heterocycles. The van der Waals surface area contributed by atoms with E-state index in [1.54, 1.807) is 12.1 Å².